The molecular weight excluding hydrogens is 424 g/mol. The van der Waals surface area contributed by atoms with E-state index in [1.807, 2.05) is 13.8 Å². The number of alkyl halides is 3. The number of hydrogen-bond acceptors (Lipinski definition) is 0. The first-order valence-electron chi connectivity index (χ1n) is 11.5. The van der Waals surface area contributed by atoms with E-state index in [4.69, 9.17) is 0 Å². The van der Waals surface area contributed by atoms with Gasteiger partial charge in [-0.3, -0.25) is 0 Å². The Hall–Kier alpha value is -0.225. The van der Waals surface area contributed by atoms with Crippen LogP contribution in [0.5, 0.6) is 0 Å². The second-order valence-electron chi connectivity index (χ2n) is 10.2. The predicted octanol–water partition coefficient (Wildman–Crippen LogP) is 8.22. The first kappa shape index (κ1) is 46.2. The lowest BCUT2D eigenvalue weighted by Crippen LogP contribution is -2.32. The van der Waals surface area contributed by atoms with E-state index in [9.17, 15) is 13.2 Å². The molecule has 3 rings (SSSR count). The van der Waals surface area contributed by atoms with Gasteiger partial charge in [0, 0.05) is 14.3 Å². The second-order valence-corrected chi connectivity index (χ2v) is 10.2. The van der Waals surface area contributed by atoms with Gasteiger partial charge in [-0.2, -0.15) is 0 Å². The molecule has 0 aromatic heterocycles. The van der Waals surface area contributed by atoms with Crippen molar-refractivity contribution in [3.05, 3.63) is 0 Å². The van der Waals surface area contributed by atoms with Gasteiger partial charge in [0.15, 0.2) is 0 Å². The van der Waals surface area contributed by atoms with Gasteiger partial charge in [0.05, 0.1) is 0 Å². The van der Waals surface area contributed by atoms with Crippen LogP contribution in [0.1, 0.15) is 122 Å². The summed E-state index contributed by atoms with van der Waals surface area (Å²) in [6.45, 7) is 12.4. The average molecular weight is 486 g/mol. The van der Waals surface area contributed by atoms with Crippen LogP contribution >= 0.6 is 0 Å². The van der Waals surface area contributed by atoms with Crippen LogP contribution in [0.2, 0.25) is 0 Å². The maximum absolute atomic E-state index is 12.8. The highest BCUT2D eigenvalue weighted by atomic mass is 19.1. The third-order valence-corrected chi connectivity index (χ3v) is 7.06. The zero-order chi connectivity index (χ0) is 20.6. The van der Waals surface area contributed by atoms with Crippen LogP contribution < -0.4 is 0 Å². The van der Waals surface area contributed by atoms with Crippen molar-refractivity contribution >= 4 is 8.41 Å². The van der Waals surface area contributed by atoms with Crippen molar-refractivity contribution < 1.29 is 24.1 Å². The van der Waals surface area contributed by atoms with Gasteiger partial charge >= 0.3 is 0 Å². The van der Waals surface area contributed by atoms with E-state index in [0.29, 0.717) is 24.7 Å². The fraction of sp³-hybridized carbons (Fsp3) is 1.00. The molecule has 0 spiro atoms. The Morgan fingerprint density at radius 1 is 0.455 bits per heavy atom. The fourth-order valence-electron chi connectivity index (χ4n) is 4.41. The van der Waals surface area contributed by atoms with Crippen LogP contribution in [0.3, 0.4) is 0 Å². The molecule has 3 saturated carbocycles. The molecule has 0 saturated heterocycles. The Bertz CT molecular complexity index is 374. The molecule has 4 N–H and O–H groups in total. The van der Waals surface area contributed by atoms with Crippen molar-refractivity contribution in [2.45, 2.75) is 140 Å². The largest absolute Gasteiger partial charge is 0.412 e. The lowest BCUT2D eigenvalue weighted by molar-refractivity contribution is 0.0603. The van der Waals surface area contributed by atoms with Crippen LogP contribution in [-0.2, 0) is 0 Å². The minimum absolute atomic E-state index is 0. The summed E-state index contributed by atoms with van der Waals surface area (Å²) in [5, 5.41) is 0. The Morgan fingerprint density at radius 2 is 0.758 bits per heavy atom. The molecule has 3 aliphatic carbocycles. The molecule has 0 aromatic rings. The van der Waals surface area contributed by atoms with Gasteiger partial charge in [-0.15, -0.1) is 0 Å². The standard InChI is InChI=1S/C8H14F2.C8H15F.C8H16.3CH4.B.2H2O/c1-5-3-7(9)6(2)8(10)4-5;1-6-3-4-7(2)8(9)5-6;1-7-3-5-8(2)6-4-7;;;;;;/h5-8H,3-4H2,1-2H3;6-8H,3-5H2,1-2H3;7-8H,3-6H2,1-2H3;3*1H4;;2*1H2. The van der Waals surface area contributed by atoms with Crippen LogP contribution in [-0.4, -0.2) is 37.9 Å². The third-order valence-electron chi connectivity index (χ3n) is 7.06. The number of hydrogen-bond donors (Lipinski definition) is 0. The van der Waals surface area contributed by atoms with Gasteiger partial charge in [0.2, 0.25) is 0 Å². The molecule has 0 bridgehead atoms. The maximum Gasteiger partial charge on any atom is 0.106 e. The van der Waals surface area contributed by atoms with E-state index < -0.39 is 18.5 Å². The van der Waals surface area contributed by atoms with Gasteiger partial charge in [-0.05, 0) is 55.3 Å². The molecule has 3 aliphatic rings. The van der Waals surface area contributed by atoms with Gasteiger partial charge < -0.3 is 11.0 Å². The first-order valence-corrected chi connectivity index (χ1v) is 11.5. The SMILES string of the molecule is C.C.C.CC1CC(F)C(C)C(F)C1.CC1CCC(C)C(F)C1.CC1CCC(C)CC1.O.O.[B]. The van der Waals surface area contributed by atoms with Gasteiger partial charge in [0.1, 0.15) is 18.5 Å². The molecule has 3 fully saturated rings. The summed E-state index contributed by atoms with van der Waals surface area (Å²) in [5.41, 5.74) is 0. The summed E-state index contributed by atoms with van der Waals surface area (Å²) < 4.78 is 38.5. The number of rotatable bonds is 0. The average Bonchev–Trinajstić information content (AvgIpc) is 2.60. The van der Waals surface area contributed by atoms with E-state index in [0.717, 1.165) is 24.7 Å². The fourth-order valence-corrected chi connectivity index (χ4v) is 4.41. The normalized spacial score (nSPS) is 36.8. The minimum Gasteiger partial charge on any atom is -0.412 e. The Morgan fingerprint density at radius 3 is 1.06 bits per heavy atom. The zero-order valence-corrected chi connectivity index (χ0v) is 20.3. The summed E-state index contributed by atoms with van der Waals surface area (Å²) in [4.78, 5) is 0. The smallest absolute Gasteiger partial charge is 0.106 e. The first-order chi connectivity index (χ1) is 12.6. The highest BCUT2D eigenvalue weighted by Gasteiger charge is 2.33. The van der Waals surface area contributed by atoms with Crippen molar-refractivity contribution in [2.75, 3.05) is 0 Å². The molecule has 33 heavy (non-hydrogen) atoms. The van der Waals surface area contributed by atoms with Gasteiger partial charge in [0.25, 0.3) is 0 Å². The molecule has 5 unspecified atom stereocenters. The Labute approximate surface area is 208 Å². The Balaban J connectivity index is -0.0000000763. The van der Waals surface area contributed by atoms with E-state index >= 15 is 0 Å². The van der Waals surface area contributed by atoms with E-state index in [1.165, 1.54) is 32.1 Å². The summed E-state index contributed by atoms with van der Waals surface area (Å²) in [6.07, 6.45) is 7.73. The molecule has 3 radical (unpaired) electrons. The molecule has 0 aliphatic heterocycles. The monoisotopic (exact) mass is 485 g/mol. The highest BCUT2D eigenvalue weighted by molar-refractivity contribution is 5.75. The zero-order valence-electron chi connectivity index (χ0n) is 20.3. The third kappa shape index (κ3) is 18.7. The van der Waals surface area contributed by atoms with Gasteiger partial charge in [-0.1, -0.05) is 95.9 Å². The van der Waals surface area contributed by atoms with Crippen LogP contribution in [0, 0.1) is 35.5 Å². The summed E-state index contributed by atoms with van der Waals surface area (Å²) in [6, 6.07) is 0. The molecular formula is C27H61BF3O2. The molecule has 205 valence electrons. The molecule has 5 atom stereocenters. The van der Waals surface area contributed by atoms with Crippen molar-refractivity contribution in [1.82, 2.24) is 0 Å². The maximum atomic E-state index is 12.8. The van der Waals surface area contributed by atoms with Crippen molar-refractivity contribution in [3.8, 4) is 0 Å². The van der Waals surface area contributed by atoms with Crippen molar-refractivity contribution in [2.24, 2.45) is 35.5 Å². The lowest BCUT2D eigenvalue weighted by atomic mass is 9.81. The molecule has 0 heterocycles. The summed E-state index contributed by atoms with van der Waals surface area (Å²) >= 11 is 0. The second kappa shape index (κ2) is 23.5. The van der Waals surface area contributed by atoms with E-state index in [1.54, 1.807) is 6.92 Å². The predicted molar refractivity (Wildman–Crippen MR) is 144 cm³/mol. The molecule has 6 heteroatoms. The van der Waals surface area contributed by atoms with Gasteiger partial charge in [-0.25, -0.2) is 13.2 Å². The van der Waals surface area contributed by atoms with Crippen LogP contribution in [0.15, 0.2) is 0 Å². The minimum atomic E-state index is -0.918. The molecule has 2 nitrogen and oxygen atoms in total. The highest BCUT2D eigenvalue weighted by Crippen LogP contribution is 2.33. The van der Waals surface area contributed by atoms with Crippen molar-refractivity contribution in [1.29, 1.82) is 0 Å². The molecule has 0 aromatic carbocycles. The van der Waals surface area contributed by atoms with Crippen LogP contribution in [0.4, 0.5) is 13.2 Å². The lowest BCUT2D eigenvalue weighted by Gasteiger charge is -2.30. The van der Waals surface area contributed by atoms with Crippen LogP contribution in [0.25, 0.3) is 0 Å². The summed E-state index contributed by atoms with van der Waals surface area (Å²) in [7, 11) is 0. The molecule has 0 amide bonds. The topological polar surface area (TPSA) is 63.0 Å². The van der Waals surface area contributed by atoms with E-state index in [2.05, 4.69) is 20.8 Å². The quantitative estimate of drug-likeness (QED) is 0.310. The van der Waals surface area contributed by atoms with E-state index in [-0.39, 0.29) is 53.5 Å². The number of halogens is 3. The summed E-state index contributed by atoms with van der Waals surface area (Å²) in [5.74, 6) is 2.83. The Kier molecular flexibility index (Phi) is 32.9. The van der Waals surface area contributed by atoms with Crippen molar-refractivity contribution in [3.63, 3.8) is 0 Å².